The Morgan fingerprint density at radius 1 is 1.03 bits per heavy atom. The summed E-state index contributed by atoms with van der Waals surface area (Å²) in [6.45, 7) is 2.91. The van der Waals surface area contributed by atoms with Gasteiger partial charge in [0.2, 0.25) is 11.7 Å². The lowest BCUT2D eigenvalue weighted by atomic mass is 10.1. The molecule has 11 nitrogen and oxygen atoms in total. The number of aryl methyl sites for hydroxylation is 1. The number of benzene rings is 1. The number of aromatic nitrogens is 6. The first-order valence-electron chi connectivity index (χ1n) is 10.3. The Bertz CT molecular complexity index is 1660. The molecule has 5 rings (SSSR count). The van der Waals surface area contributed by atoms with Crippen molar-refractivity contribution in [2.75, 3.05) is 10.0 Å². The number of hydrogen-bond donors (Lipinski definition) is 2. The molecule has 0 radical (unpaired) electrons. The molecule has 0 fully saturated rings. The number of amides is 1. The molecule has 0 saturated heterocycles. The maximum atomic E-state index is 13.0. The Hall–Kier alpha value is -4.23. The first-order chi connectivity index (χ1) is 16.8. The van der Waals surface area contributed by atoms with Gasteiger partial charge >= 0.3 is 0 Å². The van der Waals surface area contributed by atoms with Crippen molar-refractivity contribution >= 4 is 43.7 Å². The monoisotopic (exact) mass is 506 g/mol. The average molecular weight is 507 g/mol. The molecule has 0 spiro atoms. The topological polar surface area (TPSA) is 144 Å². The van der Waals surface area contributed by atoms with Crippen molar-refractivity contribution in [1.82, 2.24) is 29.8 Å². The van der Waals surface area contributed by atoms with E-state index in [2.05, 4.69) is 35.3 Å². The zero-order valence-electron chi connectivity index (χ0n) is 18.5. The molecule has 2 N–H and O–H groups in total. The molecule has 0 unspecified atom stereocenters. The minimum atomic E-state index is -3.93. The van der Waals surface area contributed by atoms with Crippen molar-refractivity contribution in [2.24, 2.45) is 0 Å². The van der Waals surface area contributed by atoms with Crippen molar-refractivity contribution in [3.8, 4) is 22.8 Å². The van der Waals surface area contributed by atoms with E-state index in [4.69, 9.17) is 0 Å². The molecule has 0 aliphatic heterocycles. The summed E-state index contributed by atoms with van der Waals surface area (Å²) in [7, 11) is -3.93. The molecular formula is C22H18N8O3S2. The Morgan fingerprint density at radius 3 is 2.66 bits per heavy atom. The normalized spacial score (nSPS) is 11.5. The third kappa shape index (κ3) is 4.58. The summed E-state index contributed by atoms with van der Waals surface area (Å²) in [5, 5.41) is 15.7. The number of rotatable bonds is 6. The number of nitrogens with zero attached hydrogens (tertiary/aromatic N) is 6. The van der Waals surface area contributed by atoms with E-state index >= 15 is 0 Å². The van der Waals surface area contributed by atoms with Crippen LogP contribution in [0.25, 0.3) is 28.4 Å². The second kappa shape index (κ2) is 8.85. The van der Waals surface area contributed by atoms with Gasteiger partial charge in [0.05, 0.1) is 11.4 Å². The quantitative estimate of drug-likeness (QED) is 0.357. The maximum Gasteiger partial charge on any atom is 0.273 e. The Kier molecular flexibility index (Phi) is 5.70. The number of carbonyl (C=O) groups excluding carboxylic acids is 1. The van der Waals surface area contributed by atoms with E-state index in [1.165, 1.54) is 6.92 Å². The van der Waals surface area contributed by atoms with Crippen LogP contribution in [-0.4, -0.2) is 44.1 Å². The predicted molar refractivity (Wildman–Crippen MR) is 131 cm³/mol. The van der Waals surface area contributed by atoms with Crippen LogP contribution in [0.5, 0.6) is 0 Å². The van der Waals surface area contributed by atoms with Crippen LogP contribution in [0.3, 0.4) is 0 Å². The molecule has 1 amide bonds. The first-order valence-corrected chi connectivity index (χ1v) is 12.6. The predicted octanol–water partition coefficient (Wildman–Crippen LogP) is 3.38. The fourth-order valence-corrected chi connectivity index (χ4v) is 5.89. The third-order valence-corrected chi connectivity index (χ3v) is 7.91. The number of thiazole rings is 1. The molecule has 13 heteroatoms. The molecule has 35 heavy (non-hydrogen) atoms. The summed E-state index contributed by atoms with van der Waals surface area (Å²) in [6.07, 6.45) is 1.67. The van der Waals surface area contributed by atoms with Crippen LogP contribution < -0.4 is 10.0 Å². The van der Waals surface area contributed by atoms with Gasteiger partial charge in [0.1, 0.15) is 5.69 Å². The van der Waals surface area contributed by atoms with Gasteiger partial charge in [-0.3, -0.25) is 14.5 Å². The van der Waals surface area contributed by atoms with Crippen LogP contribution in [0, 0.1) is 6.92 Å². The second-order valence-electron chi connectivity index (χ2n) is 7.49. The van der Waals surface area contributed by atoms with E-state index in [0.29, 0.717) is 39.8 Å². The molecule has 0 aliphatic carbocycles. The Labute approximate surface area is 204 Å². The standard InChI is InChI=1S/C22H18N8O3S2/c1-13-21(34-22(24-13)25-14(2)31)35(32,33)29-16-7-5-6-15(12-16)17-9-10-19-26-27-20(30(19)28-17)18-8-3-4-11-23-18/h3-12,29H,1-2H3,(H,24,25,31). The van der Waals surface area contributed by atoms with Crippen molar-refractivity contribution in [1.29, 1.82) is 0 Å². The lowest BCUT2D eigenvalue weighted by Crippen LogP contribution is -2.12. The number of nitrogens with one attached hydrogen (secondary N) is 2. The zero-order valence-corrected chi connectivity index (χ0v) is 20.1. The molecule has 0 bridgehead atoms. The van der Waals surface area contributed by atoms with E-state index in [1.54, 1.807) is 48.0 Å². The fourth-order valence-electron chi connectivity index (χ4n) is 3.38. The number of pyridine rings is 1. The van der Waals surface area contributed by atoms with Gasteiger partial charge in [-0.15, -0.1) is 10.2 Å². The van der Waals surface area contributed by atoms with Gasteiger partial charge in [0, 0.05) is 24.4 Å². The van der Waals surface area contributed by atoms with Crippen LogP contribution in [0.1, 0.15) is 12.6 Å². The Balaban J connectivity index is 1.46. The van der Waals surface area contributed by atoms with Crippen LogP contribution in [0.4, 0.5) is 10.8 Å². The lowest BCUT2D eigenvalue weighted by Gasteiger charge is -2.09. The van der Waals surface area contributed by atoms with E-state index in [-0.39, 0.29) is 15.2 Å². The number of carbonyl (C=O) groups is 1. The minimum Gasteiger partial charge on any atom is -0.302 e. The molecule has 4 aromatic heterocycles. The summed E-state index contributed by atoms with van der Waals surface area (Å²) < 4.78 is 30.2. The van der Waals surface area contributed by atoms with Crippen LogP contribution >= 0.6 is 11.3 Å². The van der Waals surface area contributed by atoms with Gasteiger partial charge in [0.25, 0.3) is 10.0 Å². The number of anilines is 2. The average Bonchev–Trinajstić information content (AvgIpc) is 3.42. The number of sulfonamides is 1. The maximum absolute atomic E-state index is 13.0. The SMILES string of the molecule is CC(=O)Nc1nc(C)c(S(=O)(=O)Nc2cccc(-c3ccc4nnc(-c5ccccn5)n4n3)c2)s1. The summed E-state index contributed by atoms with van der Waals surface area (Å²) >= 11 is 0.887. The highest BCUT2D eigenvalue weighted by Crippen LogP contribution is 2.30. The Morgan fingerprint density at radius 2 is 1.89 bits per heavy atom. The zero-order chi connectivity index (χ0) is 24.6. The number of hydrogen-bond acceptors (Lipinski definition) is 9. The summed E-state index contributed by atoms with van der Waals surface area (Å²) in [5.74, 6) is 0.169. The highest BCUT2D eigenvalue weighted by atomic mass is 32.2. The van der Waals surface area contributed by atoms with E-state index in [9.17, 15) is 13.2 Å². The molecule has 4 heterocycles. The summed E-state index contributed by atoms with van der Waals surface area (Å²) in [5.41, 5.74) is 3.12. The van der Waals surface area contributed by atoms with Crippen LogP contribution in [0.15, 0.2) is 65.0 Å². The largest absolute Gasteiger partial charge is 0.302 e. The van der Waals surface area contributed by atoms with Crippen molar-refractivity contribution in [3.05, 3.63) is 66.5 Å². The second-order valence-corrected chi connectivity index (χ2v) is 10.4. The van der Waals surface area contributed by atoms with Crippen molar-refractivity contribution in [2.45, 2.75) is 18.1 Å². The van der Waals surface area contributed by atoms with Gasteiger partial charge in [-0.1, -0.05) is 29.5 Å². The molecular weight excluding hydrogens is 488 g/mol. The molecule has 0 atom stereocenters. The molecule has 5 aromatic rings. The highest BCUT2D eigenvalue weighted by Gasteiger charge is 2.23. The molecule has 1 aromatic carbocycles. The van der Waals surface area contributed by atoms with Gasteiger partial charge < -0.3 is 5.32 Å². The first kappa shape index (κ1) is 22.6. The molecule has 0 saturated carbocycles. The van der Waals surface area contributed by atoms with E-state index in [0.717, 1.165) is 11.3 Å². The molecule has 0 aliphatic rings. The van der Waals surface area contributed by atoms with Gasteiger partial charge in [-0.05, 0) is 43.3 Å². The van der Waals surface area contributed by atoms with Gasteiger partial charge in [0.15, 0.2) is 15.0 Å². The van der Waals surface area contributed by atoms with E-state index in [1.807, 2.05) is 24.3 Å². The van der Waals surface area contributed by atoms with Crippen molar-refractivity contribution < 1.29 is 13.2 Å². The van der Waals surface area contributed by atoms with Crippen molar-refractivity contribution in [3.63, 3.8) is 0 Å². The van der Waals surface area contributed by atoms with Crippen LogP contribution in [0.2, 0.25) is 0 Å². The number of fused-ring (bicyclic) bond motifs is 1. The summed E-state index contributed by atoms with van der Waals surface area (Å²) in [6, 6.07) is 15.9. The fraction of sp³-hybridized carbons (Fsp3) is 0.0909. The lowest BCUT2D eigenvalue weighted by molar-refractivity contribution is -0.114. The third-order valence-electron chi connectivity index (χ3n) is 4.85. The highest BCUT2D eigenvalue weighted by molar-refractivity contribution is 7.94. The summed E-state index contributed by atoms with van der Waals surface area (Å²) in [4.78, 5) is 19.7. The smallest absolute Gasteiger partial charge is 0.273 e. The molecule has 176 valence electrons. The van der Waals surface area contributed by atoms with Crippen LogP contribution in [-0.2, 0) is 14.8 Å². The van der Waals surface area contributed by atoms with E-state index < -0.39 is 10.0 Å². The minimum absolute atomic E-state index is 0.0238. The van der Waals surface area contributed by atoms with Gasteiger partial charge in [-0.2, -0.15) is 9.61 Å². The van der Waals surface area contributed by atoms with Gasteiger partial charge in [-0.25, -0.2) is 13.4 Å².